The van der Waals surface area contributed by atoms with Gasteiger partial charge in [0.2, 0.25) is 5.91 Å². The molecule has 4 nitrogen and oxygen atoms in total. The molecular formula is C14H13BrN2O2. The number of carbonyl (C=O) groups is 2. The topological polar surface area (TPSA) is 61.2 Å². The Hall–Kier alpha value is -1.67. The third-order valence-corrected chi connectivity index (χ3v) is 3.89. The highest BCUT2D eigenvalue weighted by Gasteiger charge is 2.34. The lowest BCUT2D eigenvalue weighted by Gasteiger charge is -2.32. The van der Waals surface area contributed by atoms with Crippen molar-refractivity contribution in [1.29, 1.82) is 5.26 Å². The Morgan fingerprint density at radius 3 is 2.89 bits per heavy atom. The van der Waals surface area contributed by atoms with Crippen LogP contribution >= 0.6 is 15.9 Å². The van der Waals surface area contributed by atoms with Crippen LogP contribution in [0.4, 0.5) is 5.69 Å². The minimum absolute atomic E-state index is 0.194. The van der Waals surface area contributed by atoms with Crippen LogP contribution in [-0.2, 0) is 9.59 Å². The van der Waals surface area contributed by atoms with Gasteiger partial charge in [-0.3, -0.25) is 9.59 Å². The number of nitrogens with zero attached hydrogens (tertiary/aromatic N) is 2. The first-order valence-electron chi connectivity index (χ1n) is 6.10. The fraction of sp³-hybridized carbons (Fsp3) is 0.357. The van der Waals surface area contributed by atoms with Crippen molar-refractivity contribution < 1.29 is 9.59 Å². The SMILES string of the molecule is N#CCC(=O)[C@H]1CCCN(c2ccccc2Br)C1=O. The normalized spacial score (nSPS) is 19.1. The second-order valence-electron chi connectivity index (χ2n) is 4.44. The molecule has 1 aliphatic heterocycles. The number of hydrogen-bond donors (Lipinski definition) is 0. The van der Waals surface area contributed by atoms with Crippen molar-refractivity contribution in [2.45, 2.75) is 19.3 Å². The maximum absolute atomic E-state index is 12.4. The molecule has 0 N–H and O–H groups in total. The van der Waals surface area contributed by atoms with Gasteiger partial charge in [0.05, 0.1) is 24.1 Å². The second kappa shape index (κ2) is 5.98. The summed E-state index contributed by atoms with van der Waals surface area (Å²) in [7, 11) is 0. The third-order valence-electron chi connectivity index (χ3n) is 3.22. The summed E-state index contributed by atoms with van der Waals surface area (Å²) in [4.78, 5) is 25.8. The summed E-state index contributed by atoms with van der Waals surface area (Å²) < 4.78 is 0.830. The number of carbonyl (C=O) groups excluding carboxylic acids is 2. The maximum atomic E-state index is 12.4. The summed E-state index contributed by atoms with van der Waals surface area (Å²) in [5.74, 6) is -1.14. The van der Waals surface area contributed by atoms with E-state index < -0.39 is 5.92 Å². The van der Waals surface area contributed by atoms with Crippen LogP contribution in [-0.4, -0.2) is 18.2 Å². The zero-order valence-corrected chi connectivity index (χ0v) is 11.9. The van der Waals surface area contributed by atoms with Crippen molar-refractivity contribution in [1.82, 2.24) is 0 Å². The van der Waals surface area contributed by atoms with Gasteiger partial charge in [0.25, 0.3) is 0 Å². The molecule has 1 aromatic carbocycles. The largest absolute Gasteiger partial charge is 0.311 e. The fourth-order valence-electron chi connectivity index (χ4n) is 2.28. The molecule has 5 heteroatoms. The monoisotopic (exact) mass is 320 g/mol. The molecule has 1 saturated heterocycles. The van der Waals surface area contributed by atoms with E-state index in [0.29, 0.717) is 13.0 Å². The van der Waals surface area contributed by atoms with E-state index in [4.69, 9.17) is 5.26 Å². The van der Waals surface area contributed by atoms with Crippen LogP contribution in [0.25, 0.3) is 0 Å². The van der Waals surface area contributed by atoms with Gasteiger partial charge in [-0.15, -0.1) is 0 Å². The van der Waals surface area contributed by atoms with Crippen molar-refractivity contribution in [2.75, 3.05) is 11.4 Å². The number of hydrogen-bond acceptors (Lipinski definition) is 3. The van der Waals surface area contributed by atoms with Gasteiger partial charge in [-0.25, -0.2) is 0 Å². The van der Waals surface area contributed by atoms with E-state index in [-0.39, 0.29) is 18.1 Å². The van der Waals surface area contributed by atoms with Gasteiger partial charge in [-0.2, -0.15) is 5.26 Å². The van der Waals surface area contributed by atoms with Crippen molar-refractivity contribution >= 4 is 33.3 Å². The van der Waals surface area contributed by atoms with Gasteiger partial charge >= 0.3 is 0 Å². The fourth-order valence-corrected chi connectivity index (χ4v) is 2.78. The number of Topliss-reactive ketones (excluding diaryl/α,β-unsaturated/α-hetero) is 1. The summed E-state index contributed by atoms with van der Waals surface area (Å²) in [6.45, 7) is 0.609. The lowest BCUT2D eigenvalue weighted by Crippen LogP contribution is -2.44. The molecule has 1 heterocycles. The van der Waals surface area contributed by atoms with Gasteiger partial charge in [-0.1, -0.05) is 12.1 Å². The molecule has 1 fully saturated rings. The summed E-state index contributed by atoms with van der Waals surface area (Å²) in [6, 6.07) is 9.26. The van der Waals surface area contributed by atoms with Crippen LogP contribution in [0, 0.1) is 17.2 Å². The highest BCUT2D eigenvalue weighted by molar-refractivity contribution is 9.10. The quantitative estimate of drug-likeness (QED) is 0.804. The Kier molecular flexibility index (Phi) is 4.33. The van der Waals surface area contributed by atoms with Crippen molar-refractivity contribution in [2.24, 2.45) is 5.92 Å². The molecule has 0 unspecified atom stereocenters. The first-order chi connectivity index (χ1) is 9.15. The highest BCUT2D eigenvalue weighted by atomic mass is 79.9. The van der Waals surface area contributed by atoms with E-state index in [0.717, 1.165) is 16.6 Å². The van der Waals surface area contributed by atoms with Crippen LogP contribution in [0.5, 0.6) is 0 Å². The van der Waals surface area contributed by atoms with Crippen LogP contribution in [0.2, 0.25) is 0 Å². The van der Waals surface area contributed by atoms with Gasteiger partial charge in [-0.05, 0) is 40.9 Å². The van der Waals surface area contributed by atoms with Gasteiger partial charge in [0.1, 0.15) is 0 Å². The molecule has 1 amide bonds. The molecule has 0 aliphatic carbocycles. The summed E-state index contributed by atoms with van der Waals surface area (Å²) in [5, 5.41) is 8.58. The second-order valence-corrected chi connectivity index (χ2v) is 5.29. The van der Waals surface area contributed by atoms with E-state index in [1.165, 1.54) is 0 Å². The average molecular weight is 321 g/mol. The van der Waals surface area contributed by atoms with E-state index in [9.17, 15) is 9.59 Å². The van der Waals surface area contributed by atoms with E-state index >= 15 is 0 Å². The molecule has 1 aliphatic rings. The molecule has 0 bridgehead atoms. The number of piperidine rings is 1. The average Bonchev–Trinajstić information content (AvgIpc) is 2.40. The molecule has 0 aromatic heterocycles. The first kappa shape index (κ1) is 13.8. The predicted molar refractivity (Wildman–Crippen MR) is 74.5 cm³/mol. The smallest absolute Gasteiger partial charge is 0.237 e. The van der Waals surface area contributed by atoms with Gasteiger partial charge < -0.3 is 4.90 Å². The first-order valence-corrected chi connectivity index (χ1v) is 6.90. The Morgan fingerprint density at radius 2 is 2.21 bits per heavy atom. The summed E-state index contributed by atoms with van der Waals surface area (Å²) >= 11 is 3.42. The Labute approximate surface area is 120 Å². The standard InChI is InChI=1S/C14H13BrN2O2/c15-11-5-1-2-6-12(11)17-9-3-4-10(14(17)19)13(18)7-8-16/h1-2,5-6,10H,3-4,7,9H2/t10-/m1/s1. The number of nitriles is 1. The molecular weight excluding hydrogens is 308 g/mol. The number of anilines is 1. The number of ketones is 1. The molecule has 2 rings (SSSR count). The Morgan fingerprint density at radius 1 is 1.47 bits per heavy atom. The number of benzene rings is 1. The lowest BCUT2D eigenvalue weighted by molar-refractivity contribution is -0.133. The number of para-hydroxylation sites is 1. The van der Waals surface area contributed by atoms with Crippen LogP contribution < -0.4 is 4.90 Å². The summed E-state index contributed by atoms with van der Waals surface area (Å²) in [6.07, 6.45) is 1.12. The molecule has 1 aromatic rings. The molecule has 0 radical (unpaired) electrons. The lowest BCUT2D eigenvalue weighted by atomic mass is 9.91. The molecule has 0 saturated carbocycles. The van der Waals surface area contributed by atoms with Crippen molar-refractivity contribution in [3.8, 4) is 6.07 Å². The minimum atomic E-state index is -0.666. The van der Waals surface area contributed by atoms with Crippen molar-refractivity contribution in [3.05, 3.63) is 28.7 Å². The Balaban J connectivity index is 2.24. The van der Waals surface area contributed by atoms with Gasteiger partial charge in [0, 0.05) is 11.0 Å². The van der Waals surface area contributed by atoms with E-state index in [2.05, 4.69) is 15.9 Å². The van der Waals surface area contributed by atoms with Crippen LogP contribution in [0.3, 0.4) is 0 Å². The number of rotatable bonds is 3. The van der Waals surface area contributed by atoms with Crippen LogP contribution in [0.1, 0.15) is 19.3 Å². The molecule has 98 valence electrons. The van der Waals surface area contributed by atoms with Crippen LogP contribution in [0.15, 0.2) is 28.7 Å². The zero-order chi connectivity index (χ0) is 13.8. The maximum Gasteiger partial charge on any atom is 0.237 e. The molecule has 19 heavy (non-hydrogen) atoms. The van der Waals surface area contributed by atoms with Gasteiger partial charge in [0.15, 0.2) is 5.78 Å². The zero-order valence-electron chi connectivity index (χ0n) is 10.3. The van der Waals surface area contributed by atoms with E-state index in [1.807, 2.05) is 30.3 Å². The molecule has 0 spiro atoms. The predicted octanol–water partition coefficient (Wildman–Crippen LogP) is 2.67. The number of halogens is 1. The summed E-state index contributed by atoms with van der Waals surface area (Å²) in [5.41, 5.74) is 0.780. The van der Waals surface area contributed by atoms with E-state index in [1.54, 1.807) is 4.90 Å². The Bertz CT molecular complexity index is 551. The minimum Gasteiger partial charge on any atom is -0.311 e. The van der Waals surface area contributed by atoms with Crippen molar-refractivity contribution in [3.63, 3.8) is 0 Å². The highest BCUT2D eigenvalue weighted by Crippen LogP contribution is 2.31. The molecule has 1 atom stereocenters. The third kappa shape index (κ3) is 2.85. The number of amides is 1.